The zero-order chi connectivity index (χ0) is 12.3. The van der Waals surface area contributed by atoms with E-state index in [1.165, 1.54) is 7.11 Å². The Morgan fingerprint density at radius 2 is 2.06 bits per heavy atom. The van der Waals surface area contributed by atoms with Crippen molar-refractivity contribution in [2.45, 2.75) is 6.42 Å². The second-order valence-electron chi connectivity index (χ2n) is 3.56. The lowest BCUT2D eigenvalue weighted by atomic mass is 10.1. The number of hydrogen-bond acceptors (Lipinski definition) is 3. The topological polar surface area (TPSA) is 59.7 Å². The largest absolute Gasteiger partial charge is 0.481 e. The summed E-state index contributed by atoms with van der Waals surface area (Å²) in [5.41, 5.74) is 1.43. The van der Waals surface area contributed by atoms with Crippen molar-refractivity contribution < 1.29 is 19.1 Å². The summed E-state index contributed by atoms with van der Waals surface area (Å²) in [5.74, 6) is -0.0475. The molecule has 0 aliphatic carbocycles. The molecular formula is C13H12O4. The van der Waals surface area contributed by atoms with E-state index in [1.54, 1.807) is 6.07 Å². The van der Waals surface area contributed by atoms with Crippen LogP contribution in [0.3, 0.4) is 0 Å². The predicted molar refractivity (Wildman–Crippen MR) is 62.0 cm³/mol. The third kappa shape index (κ3) is 2.47. The summed E-state index contributed by atoms with van der Waals surface area (Å²) in [6, 6.07) is 11.2. The molecule has 2 aromatic rings. The number of carboxylic acid groups (broad SMARTS) is 1. The molecule has 0 atom stereocenters. The van der Waals surface area contributed by atoms with E-state index < -0.39 is 5.97 Å². The van der Waals surface area contributed by atoms with Gasteiger partial charge in [0, 0.05) is 11.1 Å². The molecular weight excluding hydrogens is 220 g/mol. The first-order valence-corrected chi connectivity index (χ1v) is 5.14. The van der Waals surface area contributed by atoms with Gasteiger partial charge in [-0.05, 0) is 6.07 Å². The number of rotatable bonds is 4. The van der Waals surface area contributed by atoms with Crippen molar-refractivity contribution >= 4 is 5.97 Å². The fraction of sp³-hybridized carbons (Fsp3) is 0.154. The monoisotopic (exact) mass is 232 g/mol. The van der Waals surface area contributed by atoms with Gasteiger partial charge in [0.2, 0.25) is 0 Å². The maximum absolute atomic E-state index is 10.7. The molecule has 2 rings (SSSR count). The summed E-state index contributed by atoms with van der Waals surface area (Å²) in [5, 5.41) is 8.77. The van der Waals surface area contributed by atoms with Crippen LogP contribution >= 0.6 is 0 Å². The summed E-state index contributed by atoms with van der Waals surface area (Å²) in [7, 11) is 1.46. The smallest absolute Gasteiger partial charge is 0.308 e. The number of furan rings is 1. The second kappa shape index (κ2) is 4.74. The van der Waals surface area contributed by atoms with Gasteiger partial charge in [-0.25, -0.2) is 0 Å². The van der Waals surface area contributed by atoms with E-state index in [0.29, 0.717) is 11.3 Å². The Balaban J connectivity index is 2.37. The molecule has 1 aromatic heterocycles. The molecule has 0 aliphatic heterocycles. The van der Waals surface area contributed by atoms with Crippen LogP contribution in [0.2, 0.25) is 0 Å². The molecule has 4 heteroatoms. The highest BCUT2D eigenvalue weighted by molar-refractivity contribution is 5.72. The Morgan fingerprint density at radius 3 is 2.65 bits per heavy atom. The van der Waals surface area contributed by atoms with Gasteiger partial charge in [-0.3, -0.25) is 4.79 Å². The maximum Gasteiger partial charge on any atom is 0.308 e. The quantitative estimate of drug-likeness (QED) is 0.880. The lowest BCUT2D eigenvalue weighted by Gasteiger charge is -1.96. The Morgan fingerprint density at radius 1 is 1.35 bits per heavy atom. The minimum absolute atomic E-state index is 0.112. The fourth-order valence-corrected chi connectivity index (χ4v) is 1.62. The molecule has 0 fully saturated rings. The number of methoxy groups -OCH3 is 1. The van der Waals surface area contributed by atoms with Crippen molar-refractivity contribution in [2.24, 2.45) is 0 Å². The summed E-state index contributed by atoms with van der Waals surface area (Å²) >= 11 is 0. The van der Waals surface area contributed by atoms with Gasteiger partial charge in [0.25, 0.3) is 5.95 Å². The third-order valence-corrected chi connectivity index (χ3v) is 2.36. The molecule has 1 N–H and O–H groups in total. The van der Waals surface area contributed by atoms with Crippen molar-refractivity contribution in [3.05, 3.63) is 42.0 Å². The van der Waals surface area contributed by atoms with E-state index in [-0.39, 0.29) is 12.4 Å². The molecule has 17 heavy (non-hydrogen) atoms. The van der Waals surface area contributed by atoms with Crippen LogP contribution in [0.5, 0.6) is 5.95 Å². The summed E-state index contributed by atoms with van der Waals surface area (Å²) in [4.78, 5) is 10.7. The molecule has 0 spiro atoms. The van der Waals surface area contributed by atoms with E-state index in [0.717, 1.165) is 5.56 Å². The maximum atomic E-state index is 10.7. The Kier molecular flexibility index (Phi) is 3.14. The van der Waals surface area contributed by atoms with Crippen molar-refractivity contribution in [3.8, 4) is 17.3 Å². The fourth-order valence-electron chi connectivity index (χ4n) is 1.62. The minimum Gasteiger partial charge on any atom is -0.481 e. The molecule has 88 valence electrons. The highest BCUT2D eigenvalue weighted by Gasteiger charge is 2.15. The van der Waals surface area contributed by atoms with Crippen LogP contribution in [0, 0.1) is 0 Å². The number of aliphatic carboxylic acids is 1. The highest BCUT2D eigenvalue weighted by atomic mass is 16.6. The van der Waals surface area contributed by atoms with Crippen LogP contribution in [0.4, 0.5) is 0 Å². The Labute approximate surface area is 98.4 Å². The summed E-state index contributed by atoms with van der Waals surface area (Å²) in [6.07, 6.45) is -0.112. The Hall–Kier alpha value is -2.23. The lowest BCUT2D eigenvalue weighted by Crippen LogP contribution is -2.00. The molecule has 0 saturated carbocycles. The normalized spacial score (nSPS) is 10.2. The van der Waals surface area contributed by atoms with Crippen molar-refractivity contribution in [3.63, 3.8) is 0 Å². The van der Waals surface area contributed by atoms with Gasteiger partial charge in [-0.2, -0.15) is 0 Å². The van der Waals surface area contributed by atoms with E-state index in [9.17, 15) is 4.79 Å². The minimum atomic E-state index is -0.913. The molecule has 1 aromatic carbocycles. The number of ether oxygens (including phenoxy) is 1. The van der Waals surface area contributed by atoms with Gasteiger partial charge >= 0.3 is 5.97 Å². The Bertz CT molecular complexity index is 513. The predicted octanol–water partition coefficient (Wildman–Crippen LogP) is 2.58. The van der Waals surface area contributed by atoms with Crippen molar-refractivity contribution in [2.75, 3.05) is 7.11 Å². The number of carbonyl (C=O) groups is 1. The zero-order valence-electron chi connectivity index (χ0n) is 9.34. The third-order valence-electron chi connectivity index (χ3n) is 2.36. The molecule has 0 unspecified atom stereocenters. The van der Waals surface area contributed by atoms with Gasteiger partial charge in [0.1, 0.15) is 5.76 Å². The average Bonchev–Trinajstić information content (AvgIpc) is 2.72. The van der Waals surface area contributed by atoms with E-state index in [4.69, 9.17) is 14.3 Å². The first-order chi connectivity index (χ1) is 8.20. The second-order valence-corrected chi connectivity index (χ2v) is 3.56. The van der Waals surface area contributed by atoms with Gasteiger partial charge in [-0.15, -0.1) is 0 Å². The molecule has 1 heterocycles. The van der Waals surface area contributed by atoms with Crippen LogP contribution < -0.4 is 4.74 Å². The SMILES string of the molecule is COc1oc(-c2ccccc2)cc1CC(=O)O. The number of benzene rings is 1. The highest BCUT2D eigenvalue weighted by Crippen LogP contribution is 2.30. The molecule has 0 bridgehead atoms. The van der Waals surface area contributed by atoms with Gasteiger partial charge < -0.3 is 14.3 Å². The summed E-state index contributed by atoms with van der Waals surface area (Å²) in [6.45, 7) is 0. The van der Waals surface area contributed by atoms with Gasteiger partial charge in [0.05, 0.1) is 13.5 Å². The first kappa shape index (κ1) is 11.3. The molecule has 0 radical (unpaired) electrons. The standard InChI is InChI=1S/C13H12O4/c1-16-13-10(8-12(14)15)7-11(17-13)9-5-3-2-4-6-9/h2-7H,8H2,1H3,(H,14,15). The lowest BCUT2D eigenvalue weighted by molar-refractivity contribution is -0.136. The van der Waals surface area contributed by atoms with Gasteiger partial charge in [-0.1, -0.05) is 30.3 Å². The van der Waals surface area contributed by atoms with Crippen LogP contribution in [0.25, 0.3) is 11.3 Å². The molecule has 0 amide bonds. The van der Waals surface area contributed by atoms with Crippen LogP contribution in [0.15, 0.2) is 40.8 Å². The molecule has 4 nitrogen and oxygen atoms in total. The number of hydrogen-bond donors (Lipinski definition) is 1. The molecule has 0 saturated heterocycles. The van der Waals surface area contributed by atoms with Crippen LogP contribution in [0.1, 0.15) is 5.56 Å². The summed E-state index contributed by atoms with van der Waals surface area (Å²) < 4.78 is 10.5. The number of carboxylic acids is 1. The molecule has 0 aliphatic rings. The first-order valence-electron chi connectivity index (χ1n) is 5.14. The van der Waals surface area contributed by atoms with Crippen molar-refractivity contribution in [1.82, 2.24) is 0 Å². The van der Waals surface area contributed by atoms with Crippen LogP contribution in [-0.4, -0.2) is 18.2 Å². The van der Waals surface area contributed by atoms with E-state index in [1.807, 2.05) is 30.3 Å². The van der Waals surface area contributed by atoms with Crippen LogP contribution in [-0.2, 0) is 11.2 Å². The van der Waals surface area contributed by atoms with Crippen molar-refractivity contribution in [1.29, 1.82) is 0 Å². The van der Waals surface area contributed by atoms with Gasteiger partial charge in [0.15, 0.2) is 0 Å². The van der Waals surface area contributed by atoms with E-state index >= 15 is 0 Å². The van der Waals surface area contributed by atoms with E-state index in [2.05, 4.69) is 0 Å². The zero-order valence-corrected chi connectivity index (χ0v) is 9.34. The average molecular weight is 232 g/mol.